The molecule has 0 saturated carbocycles. The molecule has 0 aromatic heterocycles. The van der Waals surface area contributed by atoms with Crippen molar-refractivity contribution in [3.63, 3.8) is 0 Å². The summed E-state index contributed by atoms with van der Waals surface area (Å²) in [6.07, 6.45) is 2.58. The van der Waals surface area contributed by atoms with Gasteiger partial charge in [0.1, 0.15) is 0 Å². The zero-order valence-corrected chi connectivity index (χ0v) is 8.53. The number of rotatable bonds is 1. The largest absolute Gasteiger partial charge is 0.331 e. The second-order valence-electron chi connectivity index (χ2n) is 4.23. The van der Waals surface area contributed by atoms with Gasteiger partial charge in [0.2, 0.25) is 5.78 Å². The molecule has 0 aromatic rings. The van der Waals surface area contributed by atoms with E-state index in [0.717, 1.165) is 25.9 Å². The molecule has 0 aliphatic carbocycles. The molecular formula is C10H16N2O2. The van der Waals surface area contributed by atoms with Gasteiger partial charge in [-0.1, -0.05) is 0 Å². The minimum absolute atomic E-state index is 0.210. The van der Waals surface area contributed by atoms with E-state index in [1.165, 1.54) is 0 Å². The SMILES string of the molecule is CN1CCCC(N2CCC(=O)C2=O)C1. The van der Waals surface area contributed by atoms with E-state index in [4.69, 9.17) is 0 Å². The van der Waals surface area contributed by atoms with Gasteiger partial charge >= 0.3 is 0 Å². The van der Waals surface area contributed by atoms with Gasteiger partial charge in [0, 0.05) is 25.6 Å². The van der Waals surface area contributed by atoms with E-state index in [0.29, 0.717) is 13.0 Å². The van der Waals surface area contributed by atoms with Gasteiger partial charge in [-0.3, -0.25) is 9.59 Å². The average molecular weight is 196 g/mol. The second-order valence-corrected chi connectivity index (χ2v) is 4.23. The van der Waals surface area contributed by atoms with E-state index in [9.17, 15) is 9.59 Å². The van der Waals surface area contributed by atoms with Crippen molar-refractivity contribution < 1.29 is 9.59 Å². The van der Waals surface area contributed by atoms with Crippen LogP contribution in [0.3, 0.4) is 0 Å². The van der Waals surface area contributed by atoms with E-state index in [2.05, 4.69) is 11.9 Å². The molecule has 0 bridgehead atoms. The molecule has 4 nitrogen and oxygen atoms in total. The lowest BCUT2D eigenvalue weighted by molar-refractivity contribution is -0.141. The third kappa shape index (κ3) is 1.66. The average Bonchev–Trinajstić information content (AvgIpc) is 2.48. The summed E-state index contributed by atoms with van der Waals surface area (Å²) in [4.78, 5) is 26.6. The predicted molar refractivity (Wildman–Crippen MR) is 51.9 cm³/mol. The number of likely N-dealkylation sites (N-methyl/N-ethyl adjacent to an activating group) is 1. The van der Waals surface area contributed by atoms with Crippen molar-refractivity contribution >= 4 is 11.7 Å². The lowest BCUT2D eigenvalue weighted by atomic mass is 10.1. The number of hydrogen-bond donors (Lipinski definition) is 0. The van der Waals surface area contributed by atoms with Crippen LogP contribution in [0.15, 0.2) is 0 Å². The summed E-state index contributed by atoms with van der Waals surface area (Å²) in [5.41, 5.74) is 0. The number of Topliss-reactive ketones (excluding diaryl/α,β-unsaturated/α-hetero) is 1. The first kappa shape index (κ1) is 9.65. The standard InChI is InChI=1S/C10H16N2O2/c1-11-5-2-3-8(7-11)12-6-4-9(13)10(12)14/h8H,2-7H2,1H3. The molecule has 0 N–H and O–H groups in total. The van der Waals surface area contributed by atoms with Crippen molar-refractivity contribution in [3.05, 3.63) is 0 Å². The molecule has 1 atom stereocenters. The Morgan fingerprint density at radius 1 is 1.29 bits per heavy atom. The molecule has 0 spiro atoms. The van der Waals surface area contributed by atoms with Crippen molar-refractivity contribution in [3.8, 4) is 0 Å². The van der Waals surface area contributed by atoms with Crippen molar-refractivity contribution in [2.75, 3.05) is 26.7 Å². The number of ketones is 1. The quantitative estimate of drug-likeness (QED) is 0.549. The molecule has 1 amide bonds. The highest BCUT2D eigenvalue weighted by Gasteiger charge is 2.35. The first-order valence-electron chi connectivity index (χ1n) is 5.21. The van der Waals surface area contributed by atoms with Gasteiger partial charge in [0.05, 0.1) is 0 Å². The van der Waals surface area contributed by atoms with Crippen LogP contribution < -0.4 is 0 Å². The maximum Gasteiger partial charge on any atom is 0.290 e. The Morgan fingerprint density at radius 3 is 2.64 bits per heavy atom. The summed E-state index contributed by atoms with van der Waals surface area (Å²) in [5.74, 6) is -0.469. The summed E-state index contributed by atoms with van der Waals surface area (Å²) in [7, 11) is 2.06. The lowest BCUT2D eigenvalue weighted by Crippen LogP contribution is -2.47. The number of piperidine rings is 1. The summed E-state index contributed by atoms with van der Waals surface area (Å²) in [6, 6.07) is 0.271. The Labute approximate surface area is 83.9 Å². The molecule has 4 heteroatoms. The summed E-state index contributed by atoms with van der Waals surface area (Å²) < 4.78 is 0. The van der Waals surface area contributed by atoms with E-state index >= 15 is 0 Å². The van der Waals surface area contributed by atoms with Gasteiger partial charge in [-0.15, -0.1) is 0 Å². The summed E-state index contributed by atoms with van der Waals surface area (Å²) in [6.45, 7) is 2.65. The fourth-order valence-corrected chi connectivity index (χ4v) is 2.33. The molecule has 0 radical (unpaired) electrons. The van der Waals surface area contributed by atoms with Crippen molar-refractivity contribution in [2.45, 2.75) is 25.3 Å². The molecule has 1 unspecified atom stereocenters. The maximum absolute atomic E-state index is 11.5. The van der Waals surface area contributed by atoms with Gasteiger partial charge in [-0.25, -0.2) is 0 Å². The highest BCUT2D eigenvalue weighted by Crippen LogP contribution is 2.19. The molecule has 2 fully saturated rings. The van der Waals surface area contributed by atoms with Gasteiger partial charge < -0.3 is 9.80 Å². The fraction of sp³-hybridized carbons (Fsp3) is 0.800. The number of amides is 1. The van der Waals surface area contributed by atoms with Crippen molar-refractivity contribution in [1.29, 1.82) is 0 Å². The first-order chi connectivity index (χ1) is 6.68. The minimum atomic E-state index is -0.259. The Morgan fingerprint density at radius 2 is 2.07 bits per heavy atom. The third-order valence-corrected chi connectivity index (χ3v) is 3.12. The first-order valence-corrected chi connectivity index (χ1v) is 5.21. The monoisotopic (exact) mass is 196 g/mol. The zero-order chi connectivity index (χ0) is 10.1. The number of carbonyl (C=O) groups excluding carboxylic acids is 2. The highest BCUT2D eigenvalue weighted by molar-refractivity contribution is 6.37. The Balaban J connectivity index is 2.01. The van der Waals surface area contributed by atoms with E-state index in [-0.39, 0.29) is 17.7 Å². The lowest BCUT2D eigenvalue weighted by Gasteiger charge is -2.35. The van der Waals surface area contributed by atoms with Crippen LogP contribution in [0.5, 0.6) is 0 Å². The predicted octanol–water partition coefficient (Wildman–Crippen LogP) is -0.118. The number of carbonyl (C=O) groups is 2. The molecule has 0 aromatic carbocycles. The van der Waals surface area contributed by atoms with Crippen LogP contribution in [-0.4, -0.2) is 54.2 Å². The molecule has 2 heterocycles. The van der Waals surface area contributed by atoms with Gasteiger partial charge in [0.15, 0.2) is 0 Å². The van der Waals surface area contributed by atoms with Crippen LogP contribution in [0.1, 0.15) is 19.3 Å². The molecular weight excluding hydrogens is 180 g/mol. The topological polar surface area (TPSA) is 40.6 Å². The van der Waals surface area contributed by atoms with Crippen molar-refractivity contribution in [1.82, 2.24) is 9.80 Å². The molecule has 2 saturated heterocycles. The van der Waals surface area contributed by atoms with Crippen LogP contribution >= 0.6 is 0 Å². The van der Waals surface area contributed by atoms with Crippen LogP contribution in [0.2, 0.25) is 0 Å². The highest BCUT2D eigenvalue weighted by atomic mass is 16.2. The Bertz CT molecular complexity index is 265. The summed E-state index contributed by atoms with van der Waals surface area (Å²) in [5, 5.41) is 0. The van der Waals surface area contributed by atoms with Crippen LogP contribution in [0, 0.1) is 0 Å². The normalized spacial score (nSPS) is 30.1. The smallest absolute Gasteiger partial charge is 0.290 e. The number of likely N-dealkylation sites (tertiary alicyclic amines) is 2. The number of hydrogen-bond acceptors (Lipinski definition) is 3. The van der Waals surface area contributed by atoms with Crippen LogP contribution in [0.25, 0.3) is 0 Å². The zero-order valence-electron chi connectivity index (χ0n) is 8.53. The Hall–Kier alpha value is -0.900. The molecule has 14 heavy (non-hydrogen) atoms. The van der Waals surface area contributed by atoms with Gasteiger partial charge in [-0.2, -0.15) is 0 Å². The van der Waals surface area contributed by atoms with Gasteiger partial charge in [0.25, 0.3) is 5.91 Å². The maximum atomic E-state index is 11.5. The van der Waals surface area contributed by atoms with E-state index in [1.807, 2.05) is 0 Å². The third-order valence-electron chi connectivity index (χ3n) is 3.12. The molecule has 2 rings (SSSR count). The van der Waals surface area contributed by atoms with Crippen molar-refractivity contribution in [2.24, 2.45) is 0 Å². The minimum Gasteiger partial charge on any atom is -0.331 e. The fourth-order valence-electron chi connectivity index (χ4n) is 2.33. The molecule has 2 aliphatic rings. The number of nitrogens with zero attached hydrogens (tertiary/aromatic N) is 2. The van der Waals surface area contributed by atoms with Crippen LogP contribution in [-0.2, 0) is 9.59 Å². The molecule has 2 aliphatic heterocycles. The summed E-state index contributed by atoms with van der Waals surface area (Å²) >= 11 is 0. The van der Waals surface area contributed by atoms with E-state index in [1.54, 1.807) is 4.90 Å². The van der Waals surface area contributed by atoms with Gasteiger partial charge in [-0.05, 0) is 26.4 Å². The second kappa shape index (κ2) is 3.69. The van der Waals surface area contributed by atoms with E-state index < -0.39 is 0 Å². The Kier molecular flexibility index (Phi) is 2.54. The van der Waals surface area contributed by atoms with Crippen LogP contribution in [0.4, 0.5) is 0 Å². The molecule has 78 valence electrons.